The average molecular weight is 562 g/mol. The molecule has 2 fully saturated rings. The molecular weight excluding hydrogens is 519 g/mol. The van der Waals surface area contributed by atoms with Gasteiger partial charge in [-0.1, -0.05) is 57.8 Å². The number of nitrogens with zero attached hydrogens (tertiary/aromatic N) is 5. The predicted octanol–water partition coefficient (Wildman–Crippen LogP) is 6.93. The van der Waals surface area contributed by atoms with E-state index in [0.717, 1.165) is 44.6 Å². The number of aromatic nitrogens is 3. The Morgan fingerprint density at radius 1 is 0.850 bits per heavy atom. The van der Waals surface area contributed by atoms with Crippen LogP contribution in [-0.2, 0) is 10.9 Å². The van der Waals surface area contributed by atoms with Crippen LogP contribution < -0.4 is 9.80 Å². The Labute approximate surface area is 235 Å². The number of hydrogen-bond donors (Lipinski definition) is 0. The molecule has 0 radical (unpaired) electrons. The number of esters is 1. The van der Waals surface area contributed by atoms with E-state index in [4.69, 9.17) is 4.74 Å². The van der Waals surface area contributed by atoms with Gasteiger partial charge in [-0.2, -0.15) is 13.2 Å². The molecule has 2 bridgehead atoms. The monoisotopic (exact) mass is 561 g/mol. The number of alkyl halides is 3. The first-order chi connectivity index (χ1) is 19.3. The van der Waals surface area contributed by atoms with Crippen LogP contribution in [0.3, 0.4) is 0 Å². The quantitative estimate of drug-likeness (QED) is 0.375. The van der Waals surface area contributed by atoms with Crippen LogP contribution in [-0.4, -0.2) is 53.7 Å². The normalized spacial score (nSPS) is 22.1. The highest BCUT2D eigenvalue weighted by atomic mass is 19.4. The molecule has 0 aliphatic carbocycles. The highest BCUT2D eigenvalue weighted by Crippen LogP contribution is 2.32. The summed E-state index contributed by atoms with van der Waals surface area (Å²) >= 11 is 0. The Balaban J connectivity index is 1.61. The highest BCUT2D eigenvalue weighted by Gasteiger charge is 2.33. The number of hydrogen-bond acceptors (Lipinski definition) is 7. The van der Waals surface area contributed by atoms with Gasteiger partial charge in [0.1, 0.15) is 5.82 Å². The van der Waals surface area contributed by atoms with Crippen molar-refractivity contribution in [2.45, 2.75) is 83.7 Å². The fourth-order valence-electron chi connectivity index (χ4n) is 5.90. The lowest BCUT2D eigenvalue weighted by molar-refractivity contribution is -0.137. The van der Waals surface area contributed by atoms with Gasteiger partial charge < -0.3 is 14.5 Å². The van der Waals surface area contributed by atoms with Crippen molar-refractivity contribution in [3.05, 3.63) is 41.9 Å². The maximum Gasteiger partial charge on any atom is 0.416 e. The van der Waals surface area contributed by atoms with Gasteiger partial charge in [0.15, 0.2) is 0 Å². The van der Waals surface area contributed by atoms with E-state index in [9.17, 15) is 18.0 Å². The second kappa shape index (κ2) is 14.6. The largest absolute Gasteiger partial charge is 0.462 e. The molecule has 0 saturated carbocycles. The third-order valence-corrected chi connectivity index (χ3v) is 7.97. The molecule has 2 aromatic heterocycles. The molecule has 40 heavy (non-hydrogen) atoms. The molecule has 2 aromatic rings. The van der Waals surface area contributed by atoms with E-state index in [2.05, 4.69) is 24.8 Å². The maximum atomic E-state index is 13.5. The lowest BCUT2D eigenvalue weighted by atomic mass is 9.92. The topological polar surface area (TPSA) is 71.5 Å². The van der Waals surface area contributed by atoms with Gasteiger partial charge in [-0.25, -0.2) is 19.7 Å². The van der Waals surface area contributed by atoms with Crippen LogP contribution in [0.1, 0.15) is 93.5 Å². The summed E-state index contributed by atoms with van der Waals surface area (Å²) in [6, 6.07) is 2.24. The van der Waals surface area contributed by atoms with E-state index in [-0.39, 0.29) is 18.4 Å². The van der Waals surface area contributed by atoms with E-state index < -0.39 is 17.7 Å². The second-order valence-electron chi connectivity index (χ2n) is 11.2. The molecule has 2 saturated heterocycles. The van der Waals surface area contributed by atoms with Crippen molar-refractivity contribution in [2.75, 3.05) is 42.6 Å². The van der Waals surface area contributed by atoms with Crippen molar-refractivity contribution >= 4 is 17.7 Å². The lowest BCUT2D eigenvalue weighted by Crippen LogP contribution is -2.47. The Kier molecular flexibility index (Phi) is 11.0. The van der Waals surface area contributed by atoms with Crippen molar-refractivity contribution in [3.8, 4) is 0 Å². The fraction of sp³-hybridized carbons (Fsp3) is 0.667. The standard InChI is InChI=1S/C30H42F3N5O2/c1-2-40-28(39)25-17-35-29(36-18-25)38-21-23-12-10-8-6-4-3-5-7-9-11-13-24(22-38)20-37(19-23)27-16-26(14-15-34-27)30(31,32)33/h14-18,23-24H,2-13,19-22H2,1H3. The molecule has 4 heterocycles. The van der Waals surface area contributed by atoms with E-state index in [1.54, 1.807) is 6.92 Å². The summed E-state index contributed by atoms with van der Waals surface area (Å²) in [4.78, 5) is 29.9. The minimum Gasteiger partial charge on any atom is -0.462 e. The number of carbonyl (C=O) groups is 1. The van der Waals surface area contributed by atoms with Crippen LogP contribution in [0.15, 0.2) is 30.7 Å². The number of anilines is 2. The molecule has 0 spiro atoms. The van der Waals surface area contributed by atoms with E-state index >= 15 is 0 Å². The zero-order valence-corrected chi connectivity index (χ0v) is 23.5. The molecule has 2 aliphatic heterocycles. The molecule has 2 aliphatic rings. The van der Waals surface area contributed by atoms with Gasteiger partial charge in [-0.05, 0) is 43.7 Å². The lowest BCUT2D eigenvalue weighted by Gasteiger charge is -2.40. The summed E-state index contributed by atoms with van der Waals surface area (Å²) in [5, 5.41) is 0. The molecule has 220 valence electrons. The molecule has 2 atom stereocenters. The molecule has 0 amide bonds. The molecule has 0 aromatic carbocycles. The number of ether oxygens (including phenoxy) is 1. The van der Waals surface area contributed by atoms with Crippen LogP contribution in [0.2, 0.25) is 0 Å². The third-order valence-electron chi connectivity index (χ3n) is 7.97. The zero-order chi connectivity index (χ0) is 28.4. The summed E-state index contributed by atoms with van der Waals surface area (Å²) < 4.78 is 45.7. The number of fused-ring (bicyclic) bond motifs is 4. The van der Waals surface area contributed by atoms with Crippen molar-refractivity contribution in [1.82, 2.24) is 15.0 Å². The highest BCUT2D eigenvalue weighted by molar-refractivity contribution is 5.88. The second-order valence-corrected chi connectivity index (χ2v) is 11.2. The first-order valence-electron chi connectivity index (χ1n) is 14.9. The molecular formula is C30H42F3N5O2. The first-order valence-corrected chi connectivity index (χ1v) is 14.9. The van der Waals surface area contributed by atoms with Gasteiger partial charge in [0.2, 0.25) is 5.95 Å². The Bertz CT molecular complexity index is 1040. The van der Waals surface area contributed by atoms with Crippen LogP contribution in [0, 0.1) is 11.8 Å². The Hall–Kier alpha value is -2.91. The summed E-state index contributed by atoms with van der Waals surface area (Å²) in [7, 11) is 0. The van der Waals surface area contributed by atoms with Gasteiger partial charge in [0.25, 0.3) is 0 Å². The maximum absolute atomic E-state index is 13.5. The van der Waals surface area contributed by atoms with Crippen molar-refractivity contribution in [3.63, 3.8) is 0 Å². The van der Waals surface area contributed by atoms with Gasteiger partial charge in [0, 0.05) is 44.8 Å². The van der Waals surface area contributed by atoms with Crippen molar-refractivity contribution < 1.29 is 22.7 Å². The SMILES string of the molecule is CCOC(=O)c1cnc(N2CC3CCCCCCCCCCCC(CN(c4cc(C(F)(F)F)ccn4)C3)C2)nc1. The Morgan fingerprint density at radius 3 is 1.90 bits per heavy atom. The molecule has 7 nitrogen and oxygen atoms in total. The number of halogens is 3. The summed E-state index contributed by atoms with van der Waals surface area (Å²) in [5.41, 5.74) is -0.339. The van der Waals surface area contributed by atoms with Crippen LogP contribution in [0.25, 0.3) is 0 Å². The summed E-state index contributed by atoms with van der Waals surface area (Å²) in [6.45, 7) is 4.70. The number of carbonyl (C=O) groups excluding carboxylic acids is 1. The molecule has 4 rings (SSSR count). The molecule has 0 N–H and O–H groups in total. The van der Waals surface area contributed by atoms with E-state index in [0.29, 0.717) is 43.5 Å². The first kappa shape index (κ1) is 30.1. The van der Waals surface area contributed by atoms with Gasteiger partial charge in [-0.15, -0.1) is 0 Å². The average Bonchev–Trinajstić information content (AvgIpc) is 2.92. The zero-order valence-electron chi connectivity index (χ0n) is 23.5. The minimum absolute atomic E-state index is 0.207. The van der Waals surface area contributed by atoms with Gasteiger partial charge in [-0.3, -0.25) is 0 Å². The third kappa shape index (κ3) is 8.80. The number of pyridine rings is 1. The minimum atomic E-state index is -4.41. The van der Waals surface area contributed by atoms with Crippen LogP contribution >= 0.6 is 0 Å². The summed E-state index contributed by atoms with van der Waals surface area (Å²) in [6.07, 6.45) is 12.6. The van der Waals surface area contributed by atoms with Crippen molar-refractivity contribution in [2.24, 2.45) is 11.8 Å². The van der Waals surface area contributed by atoms with Crippen LogP contribution in [0.5, 0.6) is 0 Å². The summed E-state index contributed by atoms with van der Waals surface area (Å²) in [5.74, 6) is 0.949. The Morgan fingerprint density at radius 2 is 1.38 bits per heavy atom. The van der Waals surface area contributed by atoms with E-state index in [1.165, 1.54) is 56.8 Å². The molecule has 2 unspecified atom stereocenters. The smallest absolute Gasteiger partial charge is 0.416 e. The van der Waals surface area contributed by atoms with Gasteiger partial charge >= 0.3 is 12.1 Å². The fourth-order valence-corrected chi connectivity index (χ4v) is 5.90. The predicted molar refractivity (Wildman–Crippen MR) is 149 cm³/mol. The van der Waals surface area contributed by atoms with E-state index in [1.807, 2.05) is 0 Å². The van der Waals surface area contributed by atoms with Crippen LogP contribution in [0.4, 0.5) is 24.9 Å². The van der Waals surface area contributed by atoms with Gasteiger partial charge in [0.05, 0.1) is 17.7 Å². The van der Waals surface area contributed by atoms with Crippen molar-refractivity contribution in [1.29, 1.82) is 0 Å². The number of rotatable bonds is 4. The molecule has 10 heteroatoms.